The van der Waals surface area contributed by atoms with E-state index in [0.717, 1.165) is 0 Å². The van der Waals surface area contributed by atoms with E-state index in [4.69, 9.17) is 4.52 Å². The molecule has 0 spiro atoms. The van der Waals surface area contributed by atoms with Crippen molar-refractivity contribution in [2.75, 3.05) is 12.4 Å². The lowest BCUT2D eigenvalue weighted by atomic mass is 10.1. The van der Waals surface area contributed by atoms with Crippen molar-refractivity contribution in [3.8, 4) is 0 Å². The first-order valence-electron chi connectivity index (χ1n) is 6.18. The summed E-state index contributed by atoms with van der Waals surface area (Å²) in [6.45, 7) is 1.87. The number of nitro groups is 1. The van der Waals surface area contributed by atoms with Crippen molar-refractivity contribution in [1.29, 1.82) is 0 Å². The number of hydrogen-bond acceptors (Lipinski definition) is 6. The number of nitro benzene ring substituents is 1. The van der Waals surface area contributed by atoms with Gasteiger partial charge in [0.15, 0.2) is 0 Å². The van der Waals surface area contributed by atoms with Gasteiger partial charge in [-0.3, -0.25) is 14.9 Å². The molecule has 1 aromatic carbocycles. The molecule has 0 saturated carbocycles. The molecule has 8 nitrogen and oxygen atoms in total. The Morgan fingerprint density at radius 1 is 1.48 bits per heavy atom. The molecule has 0 aliphatic rings. The molecule has 0 fully saturated rings. The van der Waals surface area contributed by atoms with E-state index in [1.54, 1.807) is 26.1 Å². The molecule has 21 heavy (non-hydrogen) atoms. The number of carbonyl (C=O) groups excluding carboxylic acids is 1. The van der Waals surface area contributed by atoms with E-state index in [1.165, 1.54) is 12.1 Å². The summed E-state index contributed by atoms with van der Waals surface area (Å²) in [6.07, 6.45) is 0. The Kier molecular flexibility index (Phi) is 4.17. The topological polar surface area (TPSA) is 110 Å². The SMILES string of the molecule is CNc1cccc(C(=O)NCc2cc(C)on2)c1[N+](=O)[O-]. The maximum Gasteiger partial charge on any atom is 0.305 e. The fourth-order valence-electron chi connectivity index (χ4n) is 1.89. The van der Waals surface area contributed by atoms with Gasteiger partial charge in [-0.25, -0.2) is 0 Å². The molecule has 1 amide bonds. The van der Waals surface area contributed by atoms with E-state index >= 15 is 0 Å². The van der Waals surface area contributed by atoms with Gasteiger partial charge < -0.3 is 15.2 Å². The van der Waals surface area contributed by atoms with Crippen LogP contribution in [0.25, 0.3) is 0 Å². The van der Waals surface area contributed by atoms with Crippen LogP contribution in [-0.4, -0.2) is 23.0 Å². The highest BCUT2D eigenvalue weighted by molar-refractivity contribution is 6.00. The van der Waals surface area contributed by atoms with E-state index in [2.05, 4.69) is 15.8 Å². The van der Waals surface area contributed by atoms with E-state index in [-0.39, 0.29) is 23.5 Å². The lowest BCUT2D eigenvalue weighted by molar-refractivity contribution is -0.384. The summed E-state index contributed by atoms with van der Waals surface area (Å²) >= 11 is 0. The van der Waals surface area contributed by atoms with Gasteiger partial charge in [-0.1, -0.05) is 11.2 Å². The van der Waals surface area contributed by atoms with Crippen LogP contribution in [0.2, 0.25) is 0 Å². The van der Waals surface area contributed by atoms with E-state index in [0.29, 0.717) is 11.5 Å². The van der Waals surface area contributed by atoms with E-state index < -0.39 is 10.8 Å². The van der Waals surface area contributed by atoms with Crippen LogP contribution in [0, 0.1) is 17.0 Å². The predicted octanol–water partition coefficient (Wildman–Crippen LogP) is 1.86. The summed E-state index contributed by atoms with van der Waals surface area (Å²) in [7, 11) is 1.56. The Balaban J connectivity index is 2.20. The van der Waals surface area contributed by atoms with Crippen LogP contribution in [0.5, 0.6) is 0 Å². The molecule has 0 atom stereocenters. The largest absolute Gasteiger partial charge is 0.383 e. The van der Waals surface area contributed by atoms with Crippen LogP contribution < -0.4 is 10.6 Å². The molecule has 2 aromatic rings. The van der Waals surface area contributed by atoms with Gasteiger partial charge in [-0.15, -0.1) is 0 Å². The average molecular weight is 290 g/mol. The minimum Gasteiger partial charge on any atom is -0.383 e. The molecule has 0 saturated heterocycles. The summed E-state index contributed by atoms with van der Waals surface area (Å²) in [5, 5.41) is 20.2. The second kappa shape index (κ2) is 6.04. The Morgan fingerprint density at radius 3 is 2.81 bits per heavy atom. The second-order valence-electron chi connectivity index (χ2n) is 4.32. The summed E-state index contributed by atoms with van der Waals surface area (Å²) in [4.78, 5) is 22.7. The molecule has 110 valence electrons. The van der Waals surface area contributed by atoms with Crippen molar-refractivity contribution < 1.29 is 14.2 Å². The van der Waals surface area contributed by atoms with Gasteiger partial charge in [0, 0.05) is 13.1 Å². The van der Waals surface area contributed by atoms with E-state index in [1.807, 2.05) is 0 Å². The van der Waals surface area contributed by atoms with Crippen molar-refractivity contribution in [3.05, 3.63) is 51.4 Å². The van der Waals surface area contributed by atoms with Gasteiger partial charge in [0.2, 0.25) is 0 Å². The molecule has 1 aromatic heterocycles. The fourth-order valence-corrected chi connectivity index (χ4v) is 1.89. The highest BCUT2D eigenvalue weighted by Crippen LogP contribution is 2.28. The van der Waals surface area contributed by atoms with Crippen molar-refractivity contribution in [2.24, 2.45) is 0 Å². The molecule has 8 heteroatoms. The zero-order valence-corrected chi connectivity index (χ0v) is 11.5. The highest BCUT2D eigenvalue weighted by Gasteiger charge is 2.23. The van der Waals surface area contributed by atoms with Crippen molar-refractivity contribution in [3.63, 3.8) is 0 Å². The van der Waals surface area contributed by atoms with Gasteiger partial charge in [0.25, 0.3) is 5.91 Å². The monoisotopic (exact) mass is 290 g/mol. The molecular weight excluding hydrogens is 276 g/mol. The minimum absolute atomic E-state index is 0.00735. The number of para-hydroxylation sites is 1. The number of anilines is 1. The van der Waals surface area contributed by atoms with Crippen LogP contribution in [0.1, 0.15) is 21.8 Å². The van der Waals surface area contributed by atoms with Crippen LogP contribution >= 0.6 is 0 Å². The maximum absolute atomic E-state index is 12.1. The van der Waals surface area contributed by atoms with Crippen molar-refractivity contribution >= 4 is 17.3 Å². The number of amides is 1. The van der Waals surface area contributed by atoms with Gasteiger partial charge in [0.05, 0.1) is 11.5 Å². The van der Waals surface area contributed by atoms with Crippen LogP contribution in [0.15, 0.2) is 28.8 Å². The Morgan fingerprint density at radius 2 is 2.24 bits per heavy atom. The van der Waals surface area contributed by atoms with Crippen molar-refractivity contribution in [2.45, 2.75) is 13.5 Å². The standard InChI is InChI=1S/C13H14N4O4/c1-8-6-9(16-21-8)7-15-13(18)10-4-3-5-11(14-2)12(10)17(19)20/h3-6,14H,7H2,1-2H3,(H,15,18). The predicted molar refractivity (Wildman–Crippen MR) is 75.1 cm³/mol. The Hall–Kier alpha value is -2.90. The summed E-state index contributed by atoms with van der Waals surface area (Å²) in [6, 6.07) is 6.20. The highest BCUT2D eigenvalue weighted by atomic mass is 16.6. The zero-order valence-electron chi connectivity index (χ0n) is 11.5. The lowest BCUT2D eigenvalue weighted by Gasteiger charge is -2.07. The summed E-state index contributed by atoms with van der Waals surface area (Å²) < 4.78 is 4.88. The number of nitrogens with zero attached hydrogens (tertiary/aromatic N) is 2. The second-order valence-corrected chi connectivity index (χ2v) is 4.32. The number of carbonyl (C=O) groups is 1. The first kappa shape index (κ1) is 14.5. The summed E-state index contributed by atoms with van der Waals surface area (Å²) in [5.74, 6) is 0.0851. The van der Waals surface area contributed by atoms with Crippen LogP contribution in [-0.2, 0) is 6.54 Å². The molecule has 0 bridgehead atoms. The minimum atomic E-state index is -0.582. The van der Waals surface area contributed by atoms with Gasteiger partial charge >= 0.3 is 5.69 Å². The Labute approximate surface area is 120 Å². The third-order valence-electron chi connectivity index (χ3n) is 2.84. The molecule has 0 radical (unpaired) electrons. The molecule has 1 heterocycles. The normalized spacial score (nSPS) is 10.2. The molecule has 2 N–H and O–H groups in total. The van der Waals surface area contributed by atoms with Gasteiger partial charge in [-0.05, 0) is 19.1 Å². The first-order chi connectivity index (χ1) is 10.0. The maximum atomic E-state index is 12.1. The van der Waals surface area contributed by atoms with Gasteiger partial charge in [-0.2, -0.15) is 0 Å². The third kappa shape index (κ3) is 3.16. The number of nitrogens with one attached hydrogen (secondary N) is 2. The molecule has 0 aliphatic carbocycles. The van der Waals surface area contributed by atoms with Gasteiger partial charge in [0.1, 0.15) is 22.7 Å². The Bertz CT molecular complexity index is 681. The first-order valence-corrected chi connectivity index (χ1v) is 6.18. The van der Waals surface area contributed by atoms with Crippen LogP contribution in [0.3, 0.4) is 0 Å². The molecule has 0 unspecified atom stereocenters. The number of aryl methyl sites for hydroxylation is 1. The summed E-state index contributed by atoms with van der Waals surface area (Å²) in [5.41, 5.74) is 0.569. The smallest absolute Gasteiger partial charge is 0.305 e. The number of rotatable bonds is 5. The van der Waals surface area contributed by atoms with E-state index in [9.17, 15) is 14.9 Å². The molecule has 0 aliphatic heterocycles. The fraction of sp³-hybridized carbons (Fsp3) is 0.231. The quantitative estimate of drug-likeness (QED) is 0.642. The lowest BCUT2D eigenvalue weighted by Crippen LogP contribution is -2.24. The molecular formula is C13H14N4O4. The van der Waals surface area contributed by atoms with Crippen molar-refractivity contribution in [1.82, 2.24) is 10.5 Å². The number of hydrogen-bond donors (Lipinski definition) is 2. The number of benzene rings is 1. The van der Waals surface area contributed by atoms with Crippen LogP contribution in [0.4, 0.5) is 11.4 Å². The third-order valence-corrected chi connectivity index (χ3v) is 2.84. The zero-order chi connectivity index (χ0) is 15.4. The average Bonchev–Trinajstić information content (AvgIpc) is 2.89. The number of aromatic nitrogens is 1. The molecule has 2 rings (SSSR count).